The Morgan fingerprint density at radius 2 is 1.75 bits per heavy atom. The summed E-state index contributed by atoms with van der Waals surface area (Å²) < 4.78 is 0. The number of hydrogen-bond acceptors (Lipinski definition) is 2. The fourth-order valence-corrected chi connectivity index (χ4v) is 2.07. The van der Waals surface area contributed by atoms with Gasteiger partial charge in [-0.1, -0.05) is 13.8 Å². The van der Waals surface area contributed by atoms with E-state index in [1.54, 1.807) is 5.01 Å². The van der Waals surface area contributed by atoms with Gasteiger partial charge in [0, 0.05) is 0 Å². The molecule has 1 fully saturated rings. The first-order valence-electron chi connectivity index (χ1n) is 4.95. The van der Waals surface area contributed by atoms with Crippen molar-refractivity contribution in [3.8, 4) is 0 Å². The standard InChI is InChI=1S/C9H18N2O/c1-3-8-6-5-7-9(4-2)11(8)10-12/h8-9H,3-7H2,1-2H3. The Bertz CT molecular complexity index is 137. The van der Waals surface area contributed by atoms with Gasteiger partial charge in [-0.2, -0.15) is 0 Å². The number of piperidine rings is 1. The molecule has 0 aromatic rings. The molecule has 2 atom stereocenters. The van der Waals surface area contributed by atoms with Crippen LogP contribution in [0.5, 0.6) is 0 Å². The van der Waals surface area contributed by atoms with E-state index in [1.165, 1.54) is 6.42 Å². The molecule has 0 saturated carbocycles. The third-order valence-electron chi connectivity index (χ3n) is 2.86. The maximum Gasteiger partial charge on any atom is 0.0529 e. The summed E-state index contributed by atoms with van der Waals surface area (Å²) >= 11 is 0. The van der Waals surface area contributed by atoms with E-state index < -0.39 is 0 Å². The Balaban J connectivity index is 2.58. The molecular formula is C9H18N2O. The Morgan fingerprint density at radius 3 is 2.08 bits per heavy atom. The largest absolute Gasteiger partial charge is 0.255 e. The minimum atomic E-state index is 0.404. The van der Waals surface area contributed by atoms with Gasteiger partial charge in [-0.15, -0.1) is 4.91 Å². The average Bonchev–Trinajstić information content (AvgIpc) is 2.16. The molecule has 0 amide bonds. The van der Waals surface area contributed by atoms with Crippen LogP contribution < -0.4 is 0 Å². The van der Waals surface area contributed by atoms with Gasteiger partial charge in [-0.05, 0) is 32.1 Å². The van der Waals surface area contributed by atoms with Gasteiger partial charge in [0.05, 0.1) is 17.4 Å². The van der Waals surface area contributed by atoms with Crippen molar-refractivity contribution < 1.29 is 0 Å². The van der Waals surface area contributed by atoms with Crippen molar-refractivity contribution in [1.29, 1.82) is 0 Å². The molecule has 0 bridgehead atoms. The molecule has 2 unspecified atom stereocenters. The van der Waals surface area contributed by atoms with Crippen LogP contribution in [0.25, 0.3) is 0 Å². The molecule has 0 N–H and O–H groups in total. The molecule has 1 heterocycles. The predicted molar refractivity (Wildman–Crippen MR) is 49.6 cm³/mol. The van der Waals surface area contributed by atoms with Gasteiger partial charge < -0.3 is 0 Å². The van der Waals surface area contributed by atoms with Crippen LogP contribution in [0.4, 0.5) is 0 Å². The summed E-state index contributed by atoms with van der Waals surface area (Å²) in [6.07, 6.45) is 5.62. The number of nitrogens with zero attached hydrogens (tertiary/aromatic N) is 2. The zero-order valence-corrected chi connectivity index (χ0v) is 7.99. The molecule has 0 aromatic carbocycles. The van der Waals surface area contributed by atoms with E-state index in [9.17, 15) is 4.91 Å². The van der Waals surface area contributed by atoms with E-state index in [1.807, 2.05) is 0 Å². The summed E-state index contributed by atoms with van der Waals surface area (Å²) in [6.45, 7) is 4.25. The molecule has 1 saturated heterocycles. The van der Waals surface area contributed by atoms with Crippen molar-refractivity contribution in [3.05, 3.63) is 4.91 Å². The molecule has 3 nitrogen and oxygen atoms in total. The highest BCUT2D eigenvalue weighted by Crippen LogP contribution is 2.26. The van der Waals surface area contributed by atoms with Gasteiger partial charge in [0.15, 0.2) is 0 Å². The lowest BCUT2D eigenvalue weighted by Crippen LogP contribution is -2.42. The fourth-order valence-electron chi connectivity index (χ4n) is 2.07. The lowest BCUT2D eigenvalue weighted by Gasteiger charge is -2.36. The molecule has 0 aliphatic carbocycles. The Hall–Kier alpha value is -0.600. The van der Waals surface area contributed by atoms with Crippen LogP contribution >= 0.6 is 0 Å². The summed E-state index contributed by atoms with van der Waals surface area (Å²) in [5, 5.41) is 4.92. The first kappa shape index (κ1) is 9.49. The number of rotatable bonds is 3. The van der Waals surface area contributed by atoms with E-state index >= 15 is 0 Å². The predicted octanol–water partition coefficient (Wildman–Crippen LogP) is 2.71. The zero-order valence-electron chi connectivity index (χ0n) is 7.99. The quantitative estimate of drug-likeness (QED) is 0.610. The second kappa shape index (κ2) is 4.43. The molecule has 70 valence electrons. The van der Waals surface area contributed by atoms with Crippen LogP contribution in [0.2, 0.25) is 0 Å². The van der Waals surface area contributed by atoms with Crippen molar-refractivity contribution in [2.45, 2.75) is 58.0 Å². The number of nitroso groups, excluding NO2 is 1. The van der Waals surface area contributed by atoms with Crippen LogP contribution in [0.1, 0.15) is 46.0 Å². The van der Waals surface area contributed by atoms with E-state index in [2.05, 4.69) is 19.1 Å². The summed E-state index contributed by atoms with van der Waals surface area (Å²) in [6, 6.07) is 0.808. The lowest BCUT2D eigenvalue weighted by molar-refractivity contribution is 0.0792. The van der Waals surface area contributed by atoms with Gasteiger partial charge in [0.25, 0.3) is 0 Å². The SMILES string of the molecule is CCC1CCCC(CC)N1N=O. The minimum absolute atomic E-state index is 0.404. The third kappa shape index (κ3) is 1.76. The number of hydrogen-bond donors (Lipinski definition) is 0. The molecular weight excluding hydrogens is 152 g/mol. The molecule has 1 aliphatic rings. The highest BCUT2D eigenvalue weighted by atomic mass is 16.3. The maximum absolute atomic E-state index is 10.6. The summed E-state index contributed by atoms with van der Waals surface area (Å²) in [5.41, 5.74) is 0. The van der Waals surface area contributed by atoms with E-state index in [4.69, 9.17) is 0 Å². The van der Waals surface area contributed by atoms with Gasteiger partial charge >= 0.3 is 0 Å². The van der Waals surface area contributed by atoms with Crippen LogP contribution in [-0.4, -0.2) is 17.1 Å². The zero-order chi connectivity index (χ0) is 8.97. The molecule has 0 radical (unpaired) electrons. The van der Waals surface area contributed by atoms with E-state index in [0.717, 1.165) is 25.7 Å². The van der Waals surface area contributed by atoms with Gasteiger partial charge in [0.1, 0.15) is 0 Å². The second-order valence-electron chi connectivity index (χ2n) is 3.52. The minimum Gasteiger partial charge on any atom is -0.255 e. The lowest BCUT2D eigenvalue weighted by atomic mass is 9.95. The van der Waals surface area contributed by atoms with Crippen LogP contribution in [-0.2, 0) is 0 Å². The highest BCUT2D eigenvalue weighted by molar-refractivity contribution is 4.80. The molecule has 0 spiro atoms. The molecule has 12 heavy (non-hydrogen) atoms. The molecule has 0 aromatic heterocycles. The smallest absolute Gasteiger partial charge is 0.0529 e. The van der Waals surface area contributed by atoms with Gasteiger partial charge in [0.2, 0.25) is 0 Å². The van der Waals surface area contributed by atoms with E-state index in [-0.39, 0.29) is 0 Å². The van der Waals surface area contributed by atoms with Gasteiger partial charge in [-0.3, -0.25) is 5.01 Å². The molecule has 1 aliphatic heterocycles. The first-order valence-corrected chi connectivity index (χ1v) is 4.95. The normalized spacial score (nSPS) is 30.3. The van der Waals surface area contributed by atoms with E-state index in [0.29, 0.717) is 12.1 Å². The average molecular weight is 170 g/mol. The summed E-state index contributed by atoms with van der Waals surface area (Å²) in [4.78, 5) is 10.6. The van der Waals surface area contributed by atoms with Crippen LogP contribution in [0.15, 0.2) is 5.29 Å². The first-order chi connectivity index (χ1) is 5.83. The summed E-state index contributed by atoms with van der Waals surface area (Å²) in [5.74, 6) is 0. The highest BCUT2D eigenvalue weighted by Gasteiger charge is 2.27. The van der Waals surface area contributed by atoms with Crippen molar-refractivity contribution >= 4 is 0 Å². The van der Waals surface area contributed by atoms with Crippen LogP contribution in [0, 0.1) is 4.91 Å². The Labute approximate surface area is 74.1 Å². The Morgan fingerprint density at radius 1 is 1.25 bits per heavy atom. The Kier molecular flexibility index (Phi) is 3.50. The topological polar surface area (TPSA) is 32.7 Å². The summed E-state index contributed by atoms with van der Waals surface area (Å²) in [7, 11) is 0. The molecule has 1 rings (SSSR count). The third-order valence-corrected chi connectivity index (χ3v) is 2.86. The second-order valence-corrected chi connectivity index (χ2v) is 3.52. The van der Waals surface area contributed by atoms with Crippen molar-refractivity contribution in [1.82, 2.24) is 5.01 Å². The van der Waals surface area contributed by atoms with Gasteiger partial charge in [-0.25, -0.2) is 0 Å². The fraction of sp³-hybridized carbons (Fsp3) is 1.00. The van der Waals surface area contributed by atoms with Crippen LogP contribution in [0.3, 0.4) is 0 Å². The van der Waals surface area contributed by atoms with Crippen molar-refractivity contribution in [3.63, 3.8) is 0 Å². The molecule has 3 heteroatoms. The van der Waals surface area contributed by atoms with Crippen molar-refractivity contribution in [2.24, 2.45) is 5.29 Å². The van der Waals surface area contributed by atoms with Crippen molar-refractivity contribution in [2.75, 3.05) is 0 Å². The maximum atomic E-state index is 10.6. The monoisotopic (exact) mass is 170 g/mol.